The first-order chi connectivity index (χ1) is 13.7. The highest BCUT2D eigenvalue weighted by Gasteiger charge is 2.23. The molecule has 1 amide bonds. The molecule has 4 rings (SSSR count). The average molecular weight is 398 g/mol. The van der Waals surface area contributed by atoms with Gasteiger partial charge in [-0.05, 0) is 37.3 Å². The summed E-state index contributed by atoms with van der Waals surface area (Å²) < 4.78 is 10.5. The number of benzene rings is 1. The lowest BCUT2D eigenvalue weighted by Crippen LogP contribution is -2.48. The molecule has 28 heavy (non-hydrogen) atoms. The number of piperazine rings is 1. The zero-order valence-corrected chi connectivity index (χ0v) is 16.7. The molecule has 0 bridgehead atoms. The number of aromatic nitrogens is 1. The van der Waals surface area contributed by atoms with Crippen molar-refractivity contribution in [2.45, 2.75) is 13.5 Å². The third-order valence-corrected chi connectivity index (χ3v) is 5.72. The van der Waals surface area contributed by atoms with Gasteiger partial charge in [-0.3, -0.25) is 9.69 Å². The molecule has 7 heteroatoms. The molecule has 2 aromatic heterocycles. The first kappa shape index (κ1) is 18.7. The largest absolute Gasteiger partial charge is 0.494 e. The lowest BCUT2D eigenvalue weighted by molar-refractivity contribution is 0.0626. The molecular weight excluding hydrogens is 374 g/mol. The van der Waals surface area contributed by atoms with Gasteiger partial charge in [-0.1, -0.05) is 0 Å². The fourth-order valence-electron chi connectivity index (χ4n) is 3.28. The Bertz CT molecular complexity index is 897. The molecule has 146 valence electrons. The van der Waals surface area contributed by atoms with Gasteiger partial charge in [0.05, 0.1) is 24.1 Å². The Hall–Kier alpha value is -2.64. The van der Waals surface area contributed by atoms with Crippen LogP contribution in [0, 0.1) is 0 Å². The molecule has 1 fully saturated rings. The van der Waals surface area contributed by atoms with E-state index < -0.39 is 0 Å². The average Bonchev–Trinajstić information content (AvgIpc) is 3.41. The fraction of sp³-hybridized carbons (Fsp3) is 0.333. The Morgan fingerprint density at radius 3 is 2.64 bits per heavy atom. The van der Waals surface area contributed by atoms with Crippen LogP contribution in [0.4, 0.5) is 0 Å². The van der Waals surface area contributed by atoms with E-state index in [0.29, 0.717) is 12.2 Å². The van der Waals surface area contributed by atoms with Crippen molar-refractivity contribution in [3.8, 4) is 16.3 Å². The van der Waals surface area contributed by atoms with E-state index in [1.807, 2.05) is 36.1 Å². The number of amides is 1. The summed E-state index contributed by atoms with van der Waals surface area (Å²) in [6, 6.07) is 9.78. The van der Waals surface area contributed by atoms with E-state index in [4.69, 9.17) is 14.1 Å². The van der Waals surface area contributed by atoms with E-state index in [9.17, 15) is 4.79 Å². The van der Waals surface area contributed by atoms with Gasteiger partial charge in [0.15, 0.2) is 0 Å². The van der Waals surface area contributed by atoms with Crippen LogP contribution in [0.25, 0.3) is 10.6 Å². The number of hydrogen-bond donors (Lipinski definition) is 0. The highest BCUT2D eigenvalue weighted by molar-refractivity contribution is 7.13. The van der Waals surface area contributed by atoms with Gasteiger partial charge < -0.3 is 14.1 Å². The molecule has 3 heterocycles. The summed E-state index contributed by atoms with van der Waals surface area (Å²) in [5.41, 5.74) is 2.80. The number of furan rings is 1. The summed E-state index contributed by atoms with van der Waals surface area (Å²) in [7, 11) is 0. The number of nitrogens with zero attached hydrogens (tertiary/aromatic N) is 3. The summed E-state index contributed by atoms with van der Waals surface area (Å²) in [5.74, 6) is 0.922. The minimum absolute atomic E-state index is 0.0415. The molecule has 1 aliphatic heterocycles. The van der Waals surface area contributed by atoms with Crippen molar-refractivity contribution in [1.29, 1.82) is 0 Å². The van der Waals surface area contributed by atoms with Crippen molar-refractivity contribution < 1.29 is 13.9 Å². The fourth-order valence-corrected chi connectivity index (χ4v) is 4.10. The highest BCUT2D eigenvalue weighted by atomic mass is 32.1. The molecule has 0 atom stereocenters. The number of ether oxygens (including phenoxy) is 1. The second kappa shape index (κ2) is 8.58. The normalized spacial score (nSPS) is 15.0. The predicted octanol–water partition coefficient (Wildman–Crippen LogP) is 3.76. The van der Waals surface area contributed by atoms with Gasteiger partial charge in [-0.25, -0.2) is 4.98 Å². The lowest BCUT2D eigenvalue weighted by Gasteiger charge is -2.34. The Kier molecular flexibility index (Phi) is 5.73. The topological polar surface area (TPSA) is 58.8 Å². The van der Waals surface area contributed by atoms with Crippen molar-refractivity contribution in [1.82, 2.24) is 14.8 Å². The van der Waals surface area contributed by atoms with E-state index in [1.54, 1.807) is 17.4 Å². The van der Waals surface area contributed by atoms with Crippen molar-refractivity contribution in [2.75, 3.05) is 32.8 Å². The van der Waals surface area contributed by atoms with Crippen LogP contribution in [-0.4, -0.2) is 53.5 Å². The van der Waals surface area contributed by atoms with Crippen LogP contribution in [0.15, 0.2) is 52.7 Å². The molecule has 0 spiro atoms. The van der Waals surface area contributed by atoms with Crippen LogP contribution >= 0.6 is 11.3 Å². The Balaban J connectivity index is 1.32. The van der Waals surface area contributed by atoms with Crippen molar-refractivity contribution in [3.63, 3.8) is 0 Å². The molecule has 0 unspecified atom stereocenters. The van der Waals surface area contributed by atoms with E-state index >= 15 is 0 Å². The highest BCUT2D eigenvalue weighted by Crippen LogP contribution is 2.26. The first-order valence-electron chi connectivity index (χ1n) is 9.44. The standard InChI is InChI=1S/C21H23N3O3S/c1-2-27-19-5-3-16(4-6-19)20-22-18(15-28-20)13-23-8-10-24(11-9-23)21(25)17-7-12-26-14-17/h3-7,12,14-15H,2,8-11,13H2,1H3. The molecule has 0 N–H and O–H groups in total. The lowest BCUT2D eigenvalue weighted by atomic mass is 10.2. The van der Waals surface area contributed by atoms with Crippen LogP contribution in [0.5, 0.6) is 5.75 Å². The second-order valence-electron chi connectivity index (χ2n) is 6.68. The Labute approximate surface area is 168 Å². The van der Waals surface area contributed by atoms with E-state index in [-0.39, 0.29) is 5.91 Å². The van der Waals surface area contributed by atoms with Crippen LogP contribution < -0.4 is 4.74 Å². The Morgan fingerprint density at radius 1 is 1.18 bits per heavy atom. The second-order valence-corrected chi connectivity index (χ2v) is 7.54. The molecule has 3 aromatic rings. The van der Waals surface area contributed by atoms with E-state index in [0.717, 1.165) is 54.7 Å². The van der Waals surface area contributed by atoms with Crippen molar-refractivity contribution in [3.05, 3.63) is 59.5 Å². The van der Waals surface area contributed by atoms with E-state index in [1.165, 1.54) is 12.5 Å². The van der Waals surface area contributed by atoms with Gasteiger partial charge in [0.25, 0.3) is 5.91 Å². The molecule has 1 aromatic carbocycles. The third kappa shape index (κ3) is 4.26. The summed E-state index contributed by atoms with van der Waals surface area (Å²) in [4.78, 5) is 21.4. The summed E-state index contributed by atoms with van der Waals surface area (Å²) >= 11 is 1.66. The maximum atomic E-state index is 12.4. The third-order valence-electron chi connectivity index (χ3n) is 4.78. The van der Waals surface area contributed by atoms with Gasteiger partial charge in [0.2, 0.25) is 0 Å². The molecule has 1 aliphatic rings. The molecule has 0 aliphatic carbocycles. The first-order valence-corrected chi connectivity index (χ1v) is 10.3. The van der Waals surface area contributed by atoms with Crippen LogP contribution in [0.1, 0.15) is 23.0 Å². The van der Waals surface area contributed by atoms with Crippen LogP contribution in [0.2, 0.25) is 0 Å². The number of hydrogen-bond acceptors (Lipinski definition) is 6. The Morgan fingerprint density at radius 2 is 1.96 bits per heavy atom. The van der Waals surface area contributed by atoms with E-state index in [2.05, 4.69) is 10.3 Å². The summed E-state index contributed by atoms with van der Waals surface area (Å²) in [6.07, 6.45) is 3.04. The zero-order chi connectivity index (χ0) is 19.3. The SMILES string of the molecule is CCOc1ccc(-c2nc(CN3CCN(C(=O)c4ccoc4)CC3)cs2)cc1. The smallest absolute Gasteiger partial charge is 0.257 e. The van der Waals surface area contributed by atoms with Crippen LogP contribution in [-0.2, 0) is 6.54 Å². The van der Waals surface area contributed by atoms with Crippen molar-refractivity contribution >= 4 is 17.2 Å². The number of rotatable bonds is 6. The molecule has 0 radical (unpaired) electrons. The minimum Gasteiger partial charge on any atom is -0.494 e. The van der Waals surface area contributed by atoms with Gasteiger partial charge in [0, 0.05) is 43.7 Å². The summed E-state index contributed by atoms with van der Waals surface area (Å²) in [5, 5.41) is 3.14. The van der Waals surface area contributed by atoms with Gasteiger partial charge >= 0.3 is 0 Å². The van der Waals surface area contributed by atoms with Gasteiger partial charge in [-0.2, -0.15) is 0 Å². The van der Waals surface area contributed by atoms with Gasteiger partial charge in [0.1, 0.15) is 17.0 Å². The maximum absolute atomic E-state index is 12.4. The molecule has 6 nitrogen and oxygen atoms in total. The number of carbonyl (C=O) groups excluding carboxylic acids is 1. The number of thiazole rings is 1. The van der Waals surface area contributed by atoms with Crippen LogP contribution in [0.3, 0.4) is 0 Å². The van der Waals surface area contributed by atoms with Gasteiger partial charge in [-0.15, -0.1) is 11.3 Å². The number of carbonyl (C=O) groups is 1. The van der Waals surface area contributed by atoms with Crippen molar-refractivity contribution in [2.24, 2.45) is 0 Å². The predicted molar refractivity (Wildman–Crippen MR) is 109 cm³/mol. The maximum Gasteiger partial charge on any atom is 0.257 e. The monoisotopic (exact) mass is 397 g/mol. The molecule has 1 saturated heterocycles. The zero-order valence-electron chi connectivity index (χ0n) is 15.8. The molecular formula is C21H23N3O3S. The quantitative estimate of drug-likeness (QED) is 0.634. The minimum atomic E-state index is 0.0415. The molecule has 0 saturated carbocycles. The summed E-state index contributed by atoms with van der Waals surface area (Å²) in [6.45, 7) is 6.59.